The molecule has 0 aliphatic heterocycles. The molecule has 7 heteroatoms. The van der Waals surface area contributed by atoms with E-state index in [1.54, 1.807) is 0 Å². The molecule has 0 radical (unpaired) electrons. The van der Waals surface area contributed by atoms with Crippen LogP contribution in [0.4, 0.5) is 5.95 Å². The average molecular weight is 207 g/mol. The summed E-state index contributed by atoms with van der Waals surface area (Å²) in [6.45, 7) is 2.30. The summed E-state index contributed by atoms with van der Waals surface area (Å²) < 4.78 is 5.13. The minimum absolute atomic E-state index is 0.00967. The van der Waals surface area contributed by atoms with Crippen molar-refractivity contribution in [1.29, 1.82) is 0 Å². The van der Waals surface area contributed by atoms with Crippen LogP contribution in [0.3, 0.4) is 0 Å². The van der Waals surface area contributed by atoms with Crippen molar-refractivity contribution in [3.63, 3.8) is 0 Å². The van der Waals surface area contributed by atoms with Crippen LogP contribution in [0, 0.1) is 0 Å². The van der Waals surface area contributed by atoms with Crippen LogP contribution in [-0.4, -0.2) is 26.5 Å². The number of nitrogens with one attached hydrogen (secondary N) is 1. The lowest BCUT2D eigenvalue weighted by molar-refractivity contribution is 0.326. The van der Waals surface area contributed by atoms with Gasteiger partial charge in [0.1, 0.15) is 0 Å². The molecular weight excluding hydrogens is 198 g/mol. The predicted molar refractivity (Wildman–Crippen MR) is 53.5 cm³/mol. The Kier molecular flexibility index (Phi) is 2.20. The molecule has 2 aromatic heterocycles. The van der Waals surface area contributed by atoms with Crippen molar-refractivity contribution in [2.45, 2.75) is 6.92 Å². The first-order chi connectivity index (χ1) is 7.20. The van der Waals surface area contributed by atoms with Crippen molar-refractivity contribution < 1.29 is 4.74 Å². The monoisotopic (exact) mass is 207 g/mol. The SMILES string of the molecule is CCOc1cnc2c(=O)[nH]c(N)nc2n1. The number of nitrogen functional groups attached to an aromatic ring is 1. The van der Waals surface area contributed by atoms with Crippen LogP contribution in [0.5, 0.6) is 5.88 Å². The van der Waals surface area contributed by atoms with Crippen LogP contribution < -0.4 is 16.0 Å². The molecule has 0 bridgehead atoms. The van der Waals surface area contributed by atoms with E-state index in [2.05, 4.69) is 19.9 Å². The third-order valence-corrected chi connectivity index (χ3v) is 1.71. The maximum absolute atomic E-state index is 11.3. The van der Waals surface area contributed by atoms with E-state index in [1.165, 1.54) is 6.20 Å². The van der Waals surface area contributed by atoms with Crippen molar-refractivity contribution in [3.8, 4) is 5.88 Å². The van der Waals surface area contributed by atoms with Gasteiger partial charge in [-0.05, 0) is 6.92 Å². The lowest BCUT2D eigenvalue weighted by Gasteiger charge is -2.01. The lowest BCUT2D eigenvalue weighted by atomic mass is 10.5. The molecule has 0 saturated carbocycles. The fourth-order valence-corrected chi connectivity index (χ4v) is 1.14. The Morgan fingerprint density at radius 3 is 3.07 bits per heavy atom. The number of H-pyrrole nitrogens is 1. The van der Waals surface area contributed by atoms with E-state index in [4.69, 9.17) is 10.5 Å². The fourth-order valence-electron chi connectivity index (χ4n) is 1.14. The van der Waals surface area contributed by atoms with Gasteiger partial charge in [-0.3, -0.25) is 9.78 Å². The van der Waals surface area contributed by atoms with Crippen molar-refractivity contribution in [1.82, 2.24) is 19.9 Å². The maximum atomic E-state index is 11.3. The molecule has 2 rings (SSSR count). The van der Waals surface area contributed by atoms with Crippen molar-refractivity contribution in [2.75, 3.05) is 12.3 Å². The molecule has 0 aliphatic rings. The van der Waals surface area contributed by atoms with Crippen molar-refractivity contribution in [3.05, 3.63) is 16.6 Å². The van der Waals surface area contributed by atoms with Gasteiger partial charge in [0.05, 0.1) is 12.8 Å². The molecule has 3 N–H and O–H groups in total. The molecule has 0 aromatic carbocycles. The second-order valence-electron chi connectivity index (χ2n) is 2.76. The summed E-state index contributed by atoms with van der Waals surface area (Å²) in [5.74, 6) is 0.331. The summed E-state index contributed by atoms with van der Waals surface area (Å²) in [6, 6.07) is 0. The van der Waals surface area contributed by atoms with Crippen molar-refractivity contribution >= 4 is 17.1 Å². The maximum Gasteiger partial charge on any atom is 0.280 e. The van der Waals surface area contributed by atoms with E-state index in [-0.39, 0.29) is 17.1 Å². The first kappa shape index (κ1) is 9.38. The molecule has 0 unspecified atom stereocenters. The first-order valence-electron chi connectivity index (χ1n) is 4.36. The average Bonchev–Trinajstić information content (AvgIpc) is 2.17. The third-order valence-electron chi connectivity index (χ3n) is 1.71. The summed E-state index contributed by atoms with van der Waals surface area (Å²) in [4.78, 5) is 25.4. The number of ether oxygens (including phenoxy) is 1. The van der Waals surface area contributed by atoms with E-state index >= 15 is 0 Å². The number of fused-ring (bicyclic) bond motifs is 1. The highest BCUT2D eigenvalue weighted by atomic mass is 16.5. The van der Waals surface area contributed by atoms with Gasteiger partial charge in [0.15, 0.2) is 11.2 Å². The summed E-state index contributed by atoms with van der Waals surface area (Å²) in [6.07, 6.45) is 1.37. The first-order valence-corrected chi connectivity index (χ1v) is 4.36. The number of hydrogen-bond donors (Lipinski definition) is 2. The number of hydrogen-bond acceptors (Lipinski definition) is 6. The largest absolute Gasteiger partial charge is 0.477 e. The van der Waals surface area contributed by atoms with Crippen LogP contribution in [0.25, 0.3) is 11.2 Å². The summed E-state index contributed by atoms with van der Waals surface area (Å²) in [7, 11) is 0. The highest BCUT2D eigenvalue weighted by Crippen LogP contribution is 2.08. The smallest absolute Gasteiger partial charge is 0.280 e. The van der Waals surface area contributed by atoms with Crippen LogP contribution in [0.15, 0.2) is 11.0 Å². The normalized spacial score (nSPS) is 10.5. The van der Waals surface area contributed by atoms with Crippen LogP contribution >= 0.6 is 0 Å². The third kappa shape index (κ3) is 1.71. The zero-order chi connectivity index (χ0) is 10.8. The Bertz CT molecular complexity index is 550. The second-order valence-corrected chi connectivity index (χ2v) is 2.76. The van der Waals surface area contributed by atoms with Gasteiger partial charge in [0.2, 0.25) is 11.8 Å². The van der Waals surface area contributed by atoms with Crippen LogP contribution in [0.1, 0.15) is 6.92 Å². The molecule has 15 heavy (non-hydrogen) atoms. The molecular formula is C8H9N5O2. The van der Waals surface area contributed by atoms with Crippen LogP contribution in [0.2, 0.25) is 0 Å². The van der Waals surface area contributed by atoms with E-state index in [0.29, 0.717) is 12.5 Å². The molecule has 0 saturated heterocycles. The molecule has 0 fully saturated rings. The second kappa shape index (κ2) is 3.52. The van der Waals surface area contributed by atoms with Gasteiger partial charge in [0.25, 0.3) is 5.56 Å². The number of nitrogens with zero attached hydrogens (tertiary/aromatic N) is 3. The minimum Gasteiger partial charge on any atom is -0.477 e. The van der Waals surface area contributed by atoms with E-state index in [0.717, 1.165) is 0 Å². The van der Waals surface area contributed by atoms with E-state index in [1.807, 2.05) is 6.92 Å². The van der Waals surface area contributed by atoms with Gasteiger partial charge in [-0.15, -0.1) is 0 Å². The van der Waals surface area contributed by atoms with Gasteiger partial charge in [-0.1, -0.05) is 0 Å². The summed E-state index contributed by atoms with van der Waals surface area (Å²) >= 11 is 0. The fraction of sp³-hybridized carbons (Fsp3) is 0.250. The number of anilines is 1. The van der Waals surface area contributed by atoms with Gasteiger partial charge in [0, 0.05) is 0 Å². The Hall–Kier alpha value is -2.18. The molecule has 7 nitrogen and oxygen atoms in total. The van der Waals surface area contributed by atoms with Crippen LogP contribution in [-0.2, 0) is 0 Å². The zero-order valence-electron chi connectivity index (χ0n) is 8.02. The summed E-state index contributed by atoms with van der Waals surface area (Å²) in [5.41, 5.74) is 5.29. The van der Waals surface area contributed by atoms with Gasteiger partial charge < -0.3 is 10.5 Å². The van der Waals surface area contributed by atoms with Crippen molar-refractivity contribution in [2.24, 2.45) is 0 Å². The number of aromatic amines is 1. The van der Waals surface area contributed by atoms with E-state index in [9.17, 15) is 4.79 Å². The Morgan fingerprint density at radius 2 is 2.33 bits per heavy atom. The highest BCUT2D eigenvalue weighted by Gasteiger charge is 2.06. The highest BCUT2D eigenvalue weighted by molar-refractivity contribution is 5.69. The Labute approximate surface area is 84.3 Å². The molecule has 78 valence electrons. The molecule has 0 amide bonds. The Morgan fingerprint density at radius 1 is 1.53 bits per heavy atom. The number of aromatic nitrogens is 4. The Balaban J connectivity index is 2.65. The standard InChI is InChI=1S/C8H9N5O2/c1-2-15-4-3-10-5-6(11-4)12-8(9)13-7(5)14/h3H,2H2,1H3,(H3,9,11,12,13,14). The molecule has 0 atom stereocenters. The summed E-state index contributed by atoms with van der Waals surface area (Å²) in [5, 5.41) is 0. The zero-order valence-corrected chi connectivity index (χ0v) is 8.02. The molecule has 2 aromatic rings. The lowest BCUT2D eigenvalue weighted by Crippen LogP contribution is -2.13. The van der Waals surface area contributed by atoms with Gasteiger partial charge in [-0.25, -0.2) is 4.98 Å². The molecule has 0 spiro atoms. The van der Waals surface area contributed by atoms with Gasteiger partial charge >= 0.3 is 0 Å². The number of nitrogens with two attached hydrogens (primary N) is 1. The minimum atomic E-state index is -0.409. The molecule has 2 heterocycles. The molecule has 0 aliphatic carbocycles. The quantitative estimate of drug-likeness (QED) is 0.699. The topological polar surface area (TPSA) is 107 Å². The van der Waals surface area contributed by atoms with Gasteiger partial charge in [-0.2, -0.15) is 9.97 Å². The number of rotatable bonds is 2. The van der Waals surface area contributed by atoms with E-state index < -0.39 is 5.56 Å². The predicted octanol–water partition coefficient (Wildman–Crippen LogP) is -0.306.